The number of aromatic hydroxyl groups is 2. The van der Waals surface area contributed by atoms with Crippen LogP contribution in [0.2, 0.25) is 0 Å². The van der Waals surface area contributed by atoms with Gasteiger partial charge in [0.2, 0.25) is 0 Å². The molecule has 56 heavy (non-hydrogen) atoms. The Morgan fingerprint density at radius 1 is 0.589 bits per heavy atom. The number of rotatable bonds is 18. The lowest BCUT2D eigenvalue weighted by Gasteiger charge is -2.16. The van der Waals surface area contributed by atoms with Crippen molar-refractivity contribution in [2.75, 3.05) is 27.4 Å². The summed E-state index contributed by atoms with van der Waals surface area (Å²) in [6.07, 6.45) is 9.14. The topological polar surface area (TPSA) is 150 Å². The van der Waals surface area contributed by atoms with Crippen LogP contribution in [0.5, 0.6) is 23.0 Å². The van der Waals surface area contributed by atoms with Crippen molar-refractivity contribution >= 4 is 21.8 Å². The van der Waals surface area contributed by atoms with E-state index in [4.69, 9.17) is 9.47 Å². The molecule has 10 nitrogen and oxygen atoms in total. The van der Waals surface area contributed by atoms with Gasteiger partial charge < -0.3 is 49.2 Å². The molecule has 0 spiro atoms. The van der Waals surface area contributed by atoms with Crippen molar-refractivity contribution in [3.8, 4) is 23.0 Å². The van der Waals surface area contributed by atoms with Gasteiger partial charge in [0.15, 0.2) is 0 Å². The van der Waals surface area contributed by atoms with Gasteiger partial charge in [0.1, 0.15) is 23.0 Å². The number of nitrogens with zero attached hydrogens (tertiary/aromatic N) is 2. The van der Waals surface area contributed by atoms with Gasteiger partial charge in [0, 0.05) is 47.0 Å². The third-order valence-electron chi connectivity index (χ3n) is 10.4. The number of hydrogen-bond donors (Lipinski definition) is 6. The highest BCUT2D eigenvalue weighted by Crippen LogP contribution is 2.36. The van der Waals surface area contributed by atoms with Gasteiger partial charge >= 0.3 is 0 Å². The molecule has 4 aromatic carbocycles. The van der Waals surface area contributed by atoms with Crippen molar-refractivity contribution in [2.45, 2.75) is 90.5 Å². The SMILES string of the molecule is CCCCc1ccc(O)c(Cn2cc(C[C@H](O)CO)c3ccccc32)c1OC.CCCCc1ccc(OC)c(Cn2cc(C[C@H](O)CO)c3ccccc32)c1O. The lowest BCUT2D eigenvalue weighted by molar-refractivity contribution is 0.0957. The molecule has 0 saturated heterocycles. The third kappa shape index (κ3) is 9.86. The molecule has 6 rings (SSSR count). The van der Waals surface area contributed by atoms with Crippen molar-refractivity contribution in [3.63, 3.8) is 0 Å². The molecular weight excluding hydrogens is 709 g/mol. The van der Waals surface area contributed by atoms with Gasteiger partial charge in [-0.1, -0.05) is 75.2 Å². The van der Waals surface area contributed by atoms with Gasteiger partial charge in [-0.3, -0.25) is 0 Å². The van der Waals surface area contributed by atoms with E-state index >= 15 is 0 Å². The Hall–Kier alpha value is -5.00. The van der Waals surface area contributed by atoms with Crippen LogP contribution in [0.3, 0.4) is 0 Å². The minimum absolute atomic E-state index is 0.215. The Morgan fingerprint density at radius 2 is 1.09 bits per heavy atom. The zero-order valence-corrected chi connectivity index (χ0v) is 33.1. The predicted molar refractivity (Wildman–Crippen MR) is 222 cm³/mol. The van der Waals surface area contributed by atoms with Crippen LogP contribution in [-0.2, 0) is 38.8 Å². The van der Waals surface area contributed by atoms with Crippen LogP contribution in [0, 0.1) is 0 Å². The fourth-order valence-corrected chi connectivity index (χ4v) is 7.43. The van der Waals surface area contributed by atoms with Gasteiger partial charge in [0.25, 0.3) is 0 Å². The summed E-state index contributed by atoms with van der Waals surface area (Å²) in [5.74, 6) is 1.91. The molecular formula is C46H58N2O8. The summed E-state index contributed by atoms with van der Waals surface area (Å²) in [6.45, 7) is 4.68. The average Bonchev–Trinajstić information content (AvgIpc) is 3.74. The number of para-hydroxylation sites is 2. The summed E-state index contributed by atoms with van der Waals surface area (Å²) in [6, 6.07) is 23.5. The highest BCUT2D eigenvalue weighted by atomic mass is 16.5. The Bertz CT molecular complexity index is 2080. The molecule has 0 aliphatic carbocycles. The van der Waals surface area contributed by atoms with Crippen molar-refractivity contribution in [2.24, 2.45) is 0 Å². The highest BCUT2D eigenvalue weighted by Gasteiger charge is 2.19. The zero-order valence-electron chi connectivity index (χ0n) is 33.1. The molecule has 0 saturated carbocycles. The summed E-state index contributed by atoms with van der Waals surface area (Å²) in [7, 11) is 3.26. The second-order valence-electron chi connectivity index (χ2n) is 14.4. The molecule has 0 fully saturated rings. The van der Waals surface area contributed by atoms with Crippen LogP contribution >= 0.6 is 0 Å². The summed E-state index contributed by atoms with van der Waals surface area (Å²) in [5.41, 5.74) is 7.52. The van der Waals surface area contributed by atoms with Crippen molar-refractivity contribution in [1.29, 1.82) is 0 Å². The number of aromatic nitrogens is 2. The normalized spacial score (nSPS) is 12.4. The summed E-state index contributed by atoms with van der Waals surface area (Å²) >= 11 is 0. The van der Waals surface area contributed by atoms with E-state index in [1.54, 1.807) is 20.3 Å². The number of phenolic OH excluding ortho intramolecular Hbond substituents is 2. The largest absolute Gasteiger partial charge is 0.507 e. The summed E-state index contributed by atoms with van der Waals surface area (Å²) in [5, 5.41) is 61.7. The molecule has 0 amide bonds. The minimum Gasteiger partial charge on any atom is -0.507 e. The number of unbranched alkanes of at least 4 members (excludes halogenated alkanes) is 2. The number of aliphatic hydroxyl groups excluding tert-OH is 4. The van der Waals surface area contributed by atoms with Gasteiger partial charge in [-0.05, 0) is 72.2 Å². The average molecular weight is 767 g/mol. The number of hydrogen-bond acceptors (Lipinski definition) is 8. The Kier molecular flexibility index (Phi) is 15.2. The maximum atomic E-state index is 10.9. The van der Waals surface area contributed by atoms with Crippen LogP contribution in [0.25, 0.3) is 21.8 Å². The molecule has 300 valence electrons. The van der Waals surface area contributed by atoms with E-state index in [0.717, 1.165) is 99.5 Å². The van der Waals surface area contributed by atoms with E-state index in [-0.39, 0.29) is 19.0 Å². The van der Waals surface area contributed by atoms with E-state index in [2.05, 4.69) is 23.0 Å². The smallest absolute Gasteiger partial charge is 0.130 e. The fraction of sp³-hybridized carbons (Fsp3) is 0.391. The first-order valence-electron chi connectivity index (χ1n) is 19.6. The minimum atomic E-state index is -0.792. The van der Waals surface area contributed by atoms with E-state index in [1.807, 2.05) is 79.1 Å². The molecule has 6 aromatic rings. The molecule has 0 bridgehead atoms. The fourth-order valence-electron chi connectivity index (χ4n) is 7.43. The predicted octanol–water partition coefficient (Wildman–Crippen LogP) is 7.28. The quantitative estimate of drug-likeness (QED) is 0.0535. The molecule has 2 heterocycles. The lowest BCUT2D eigenvalue weighted by Crippen LogP contribution is -2.14. The number of aliphatic hydroxyl groups is 4. The molecule has 0 radical (unpaired) electrons. The number of fused-ring (bicyclic) bond motifs is 2. The van der Waals surface area contributed by atoms with E-state index in [0.29, 0.717) is 37.4 Å². The second-order valence-corrected chi connectivity index (χ2v) is 14.4. The van der Waals surface area contributed by atoms with Crippen LogP contribution < -0.4 is 9.47 Å². The second kappa shape index (κ2) is 20.2. The van der Waals surface area contributed by atoms with E-state index in [1.165, 1.54) is 0 Å². The van der Waals surface area contributed by atoms with Crippen LogP contribution in [-0.4, -0.2) is 79.4 Å². The molecule has 0 aliphatic heterocycles. The van der Waals surface area contributed by atoms with Gasteiger partial charge in [-0.2, -0.15) is 0 Å². The van der Waals surface area contributed by atoms with Gasteiger partial charge in [-0.25, -0.2) is 0 Å². The number of ether oxygens (including phenoxy) is 2. The molecule has 6 N–H and O–H groups in total. The van der Waals surface area contributed by atoms with Crippen LogP contribution in [0.4, 0.5) is 0 Å². The van der Waals surface area contributed by atoms with Gasteiger partial charge in [0.05, 0.1) is 63.9 Å². The van der Waals surface area contributed by atoms with E-state index in [9.17, 15) is 30.6 Å². The van der Waals surface area contributed by atoms with Gasteiger partial charge in [-0.15, -0.1) is 0 Å². The van der Waals surface area contributed by atoms with Crippen LogP contribution in [0.1, 0.15) is 72.9 Å². The first-order valence-corrected chi connectivity index (χ1v) is 19.6. The third-order valence-corrected chi connectivity index (χ3v) is 10.4. The maximum absolute atomic E-state index is 10.9. The van der Waals surface area contributed by atoms with Crippen molar-refractivity contribution in [1.82, 2.24) is 9.13 Å². The monoisotopic (exact) mass is 766 g/mol. The standard InChI is InChI=1S/2C23H29NO4/c1-3-4-7-16-10-11-22(28-2)20(23(16)27)14-24-13-17(12-18(26)15-25)19-8-5-6-9-21(19)24;1-3-4-7-16-10-11-22(27)20(23(16)28-2)14-24-13-17(12-18(26)15-25)19-8-5-6-9-21(19)24/h2*5-6,8-11,13,18,25-27H,3-4,7,12,14-15H2,1-2H3/t2*18-/m00/s1. The van der Waals surface area contributed by atoms with Crippen molar-refractivity contribution < 1.29 is 40.1 Å². The molecule has 2 atom stereocenters. The number of methoxy groups -OCH3 is 2. The Morgan fingerprint density at radius 3 is 1.59 bits per heavy atom. The number of phenols is 2. The molecule has 10 heteroatoms. The van der Waals surface area contributed by atoms with Crippen molar-refractivity contribution in [3.05, 3.63) is 119 Å². The Balaban J connectivity index is 0.000000214. The number of aryl methyl sites for hydroxylation is 2. The number of benzene rings is 4. The molecule has 0 unspecified atom stereocenters. The zero-order chi connectivity index (χ0) is 40.2. The molecule has 2 aromatic heterocycles. The summed E-state index contributed by atoms with van der Waals surface area (Å²) < 4.78 is 15.3. The summed E-state index contributed by atoms with van der Waals surface area (Å²) in [4.78, 5) is 0. The first-order chi connectivity index (χ1) is 27.2. The maximum Gasteiger partial charge on any atom is 0.130 e. The van der Waals surface area contributed by atoms with E-state index < -0.39 is 12.2 Å². The Labute approximate surface area is 329 Å². The first kappa shape index (κ1) is 42.1. The molecule has 0 aliphatic rings. The highest BCUT2D eigenvalue weighted by molar-refractivity contribution is 5.85. The van der Waals surface area contributed by atoms with Crippen LogP contribution in [0.15, 0.2) is 85.2 Å². The lowest BCUT2D eigenvalue weighted by atomic mass is 10.0.